The summed E-state index contributed by atoms with van der Waals surface area (Å²) in [6, 6.07) is 13.3. The molecular formula is C24H24FN3O4. The van der Waals surface area contributed by atoms with Crippen LogP contribution in [0, 0.1) is 5.82 Å². The van der Waals surface area contributed by atoms with Crippen LogP contribution in [0.4, 0.5) is 4.39 Å². The second-order valence-corrected chi connectivity index (χ2v) is 8.13. The Bertz CT molecular complexity index is 1100. The fourth-order valence-electron chi connectivity index (χ4n) is 4.20. The van der Waals surface area contributed by atoms with Crippen molar-refractivity contribution in [1.82, 2.24) is 15.0 Å². The molecule has 2 aromatic carbocycles. The number of carbonyl (C=O) groups excluding carboxylic acids is 1. The van der Waals surface area contributed by atoms with Crippen molar-refractivity contribution in [3.8, 4) is 17.2 Å². The van der Waals surface area contributed by atoms with Crippen LogP contribution < -0.4 is 4.74 Å². The highest BCUT2D eigenvalue weighted by Crippen LogP contribution is 2.33. The summed E-state index contributed by atoms with van der Waals surface area (Å²) in [6.45, 7) is 2.40. The van der Waals surface area contributed by atoms with Gasteiger partial charge >= 0.3 is 0 Å². The topological polar surface area (TPSA) is 77.7 Å². The predicted octanol–water partition coefficient (Wildman–Crippen LogP) is 4.06. The van der Waals surface area contributed by atoms with Gasteiger partial charge in [0.15, 0.2) is 5.82 Å². The van der Waals surface area contributed by atoms with Gasteiger partial charge in [0.1, 0.15) is 17.7 Å². The Morgan fingerprint density at radius 3 is 2.78 bits per heavy atom. The zero-order chi connectivity index (χ0) is 21.9. The lowest BCUT2D eigenvalue weighted by Gasteiger charge is -2.18. The number of nitrogens with zero attached hydrogens (tertiary/aromatic N) is 3. The van der Waals surface area contributed by atoms with Gasteiger partial charge in [-0.1, -0.05) is 23.4 Å². The summed E-state index contributed by atoms with van der Waals surface area (Å²) in [5, 5.41) is 4.18. The first-order chi connectivity index (χ1) is 15.7. The number of likely N-dealkylation sites (tertiary alicyclic amines) is 1. The Hall–Kier alpha value is -3.26. The molecule has 2 fully saturated rings. The van der Waals surface area contributed by atoms with Crippen LogP contribution in [0.5, 0.6) is 5.75 Å². The third kappa shape index (κ3) is 4.36. The number of rotatable bonds is 5. The van der Waals surface area contributed by atoms with Gasteiger partial charge in [-0.3, -0.25) is 4.79 Å². The minimum Gasteiger partial charge on any atom is -0.488 e. The molecule has 1 aromatic heterocycles. The molecule has 0 radical (unpaired) electrons. The van der Waals surface area contributed by atoms with Crippen molar-refractivity contribution in [2.75, 3.05) is 26.3 Å². The van der Waals surface area contributed by atoms with Crippen LogP contribution in [0.25, 0.3) is 11.5 Å². The first-order valence-corrected chi connectivity index (χ1v) is 10.9. The molecule has 7 nitrogen and oxygen atoms in total. The maximum absolute atomic E-state index is 13.5. The van der Waals surface area contributed by atoms with E-state index in [1.54, 1.807) is 17.0 Å². The van der Waals surface area contributed by atoms with Gasteiger partial charge in [-0.05, 0) is 43.2 Å². The van der Waals surface area contributed by atoms with Gasteiger partial charge in [0.2, 0.25) is 0 Å². The molecule has 0 spiro atoms. The van der Waals surface area contributed by atoms with E-state index in [0.29, 0.717) is 55.8 Å². The average molecular weight is 437 g/mol. The molecule has 32 heavy (non-hydrogen) atoms. The Kier molecular flexibility index (Phi) is 5.85. The van der Waals surface area contributed by atoms with Crippen LogP contribution in [0.3, 0.4) is 0 Å². The molecule has 0 saturated carbocycles. The van der Waals surface area contributed by atoms with E-state index in [1.807, 2.05) is 24.3 Å². The lowest BCUT2D eigenvalue weighted by molar-refractivity contribution is 0.0772. The van der Waals surface area contributed by atoms with Crippen LogP contribution >= 0.6 is 0 Å². The summed E-state index contributed by atoms with van der Waals surface area (Å²) in [6.07, 6.45) is 2.28. The normalized spacial score (nSPS) is 19.3. The molecule has 2 aliphatic heterocycles. The summed E-state index contributed by atoms with van der Waals surface area (Å²) in [4.78, 5) is 19.0. The molecule has 2 saturated heterocycles. The minimum atomic E-state index is -0.420. The highest BCUT2D eigenvalue weighted by atomic mass is 19.1. The number of carbonyl (C=O) groups is 1. The molecule has 0 N–H and O–H groups in total. The molecule has 3 heterocycles. The third-order valence-electron chi connectivity index (χ3n) is 5.94. The lowest BCUT2D eigenvalue weighted by Crippen LogP contribution is -2.31. The summed E-state index contributed by atoms with van der Waals surface area (Å²) in [5.41, 5.74) is 1.07. The predicted molar refractivity (Wildman–Crippen MR) is 114 cm³/mol. The standard InChI is InChI=1S/C24H24FN3O4/c25-18-5-3-4-17(14-18)24(29)28-11-8-19(15-28)31-21-7-2-1-6-20(21)23-26-22(27-32-23)16-9-12-30-13-10-16/h1-7,14,16,19H,8-13,15H2. The number of hydrogen-bond acceptors (Lipinski definition) is 6. The van der Waals surface area contributed by atoms with Gasteiger partial charge in [-0.2, -0.15) is 4.98 Å². The summed E-state index contributed by atoms with van der Waals surface area (Å²) in [5.74, 6) is 1.39. The molecule has 1 amide bonds. The largest absolute Gasteiger partial charge is 0.488 e. The van der Waals surface area contributed by atoms with Crippen molar-refractivity contribution in [1.29, 1.82) is 0 Å². The van der Waals surface area contributed by atoms with Gasteiger partial charge in [0.25, 0.3) is 11.8 Å². The highest BCUT2D eigenvalue weighted by Gasteiger charge is 2.30. The fourth-order valence-corrected chi connectivity index (χ4v) is 4.20. The van der Waals surface area contributed by atoms with E-state index in [9.17, 15) is 9.18 Å². The van der Waals surface area contributed by atoms with Crippen LogP contribution in [0.1, 0.15) is 41.4 Å². The zero-order valence-electron chi connectivity index (χ0n) is 17.6. The van der Waals surface area contributed by atoms with E-state index < -0.39 is 5.82 Å². The maximum atomic E-state index is 13.5. The third-order valence-corrected chi connectivity index (χ3v) is 5.94. The monoisotopic (exact) mass is 437 g/mol. The number of amides is 1. The van der Waals surface area contributed by atoms with Crippen molar-refractivity contribution in [3.63, 3.8) is 0 Å². The average Bonchev–Trinajstić information content (AvgIpc) is 3.50. The van der Waals surface area contributed by atoms with Gasteiger partial charge in [-0.25, -0.2) is 4.39 Å². The summed E-state index contributed by atoms with van der Waals surface area (Å²) >= 11 is 0. The molecule has 1 atom stereocenters. The van der Waals surface area contributed by atoms with Gasteiger partial charge in [0.05, 0.1) is 12.1 Å². The fraction of sp³-hybridized carbons (Fsp3) is 0.375. The zero-order valence-corrected chi connectivity index (χ0v) is 17.6. The second kappa shape index (κ2) is 9.08. The van der Waals surface area contributed by atoms with Crippen LogP contribution in [-0.2, 0) is 4.74 Å². The minimum absolute atomic E-state index is 0.174. The second-order valence-electron chi connectivity index (χ2n) is 8.13. The number of halogens is 1. The first kappa shape index (κ1) is 20.6. The summed E-state index contributed by atoms with van der Waals surface area (Å²) in [7, 11) is 0. The van der Waals surface area contributed by atoms with E-state index in [4.69, 9.17) is 14.0 Å². The van der Waals surface area contributed by atoms with Gasteiger partial charge < -0.3 is 18.9 Å². The van der Waals surface area contributed by atoms with Crippen LogP contribution in [0.2, 0.25) is 0 Å². The Morgan fingerprint density at radius 1 is 1.09 bits per heavy atom. The number of hydrogen-bond donors (Lipinski definition) is 0. The van der Waals surface area contributed by atoms with E-state index in [0.717, 1.165) is 18.4 Å². The maximum Gasteiger partial charge on any atom is 0.261 e. The van der Waals surface area contributed by atoms with Crippen LogP contribution in [0.15, 0.2) is 53.1 Å². The molecular weight excluding hydrogens is 413 g/mol. The smallest absolute Gasteiger partial charge is 0.261 e. The molecule has 5 rings (SSSR count). The first-order valence-electron chi connectivity index (χ1n) is 10.9. The quantitative estimate of drug-likeness (QED) is 0.599. The Labute approximate surface area is 185 Å². The summed E-state index contributed by atoms with van der Waals surface area (Å²) < 4.78 is 30.7. The Morgan fingerprint density at radius 2 is 1.94 bits per heavy atom. The molecule has 166 valence electrons. The van der Waals surface area contributed by atoms with Crippen molar-refractivity contribution in [2.45, 2.75) is 31.3 Å². The molecule has 3 aromatic rings. The van der Waals surface area contributed by atoms with E-state index in [1.165, 1.54) is 12.1 Å². The Balaban J connectivity index is 1.28. The number of para-hydroxylation sites is 1. The van der Waals surface area contributed by atoms with Crippen molar-refractivity contribution in [2.24, 2.45) is 0 Å². The molecule has 0 bridgehead atoms. The molecule has 0 aliphatic carbocycles. The van der Waals surface area contributed by atoms with Crippen molar-refractivity contribution in [3.05, 3.63) is 65.7 Å². The van der Waals surface area contributed by atoms with Crippen LogP contribution in [-0.4, -0.2) is 53.4 Å². The highest BCUT2D eigenvalue weighted by molar-refractivity contribution is 5.94. The number of aromatic nitrogens is 2. The lowest BCUT2D eigenvalue weighted by atomic mass is 10.00. The van der Waals surface area contributed by atoms with E-state index >= 15 is 0 Å². The molecule has 1 unspecified atom stereocenters. The SMILES string of the molecule is O=C(c1cccc(F)c1)N1CCC(Oc2ccccc2-c2nc(C3CCOCC3)no2)C1. The van der Waals surface area contributed by atoms with Crippen molar-refractivity contribution >= 4 is 5.91 Å². The van der Waals surface area contributed by atoms with Gasteiger partial charge in [0, 0.05) is 37.7 Å². The molecule has 8 heteroatoms. The molecule has 2 aliphatic rings. The van der Waals surface area contributed by atoms with Crippen molar-refractivity contribution < 1.29 is 23.2 Å². The van der Waals surface area contributed by atoms with Gasteiger partial charge in [-0.15, -0.1) is 0 Å². The van der Waals surface area contributed by atoms with E-state index in [-0.39, 0.29) is 17.9 Å². The number of ether oxygens (including phenoxy) is 2. The number of benzene rings is 2. The van der Waals surface area contributed by atoms with E-state index in [2.05, 4.69) is 10.1 Å².